The van der Waals surface area contributed by atoms with Gasteiger partial charge in [0.25, 0.3) is 11.8 Å². The molecule has 1 aromatic carbocycles. The number of benzene rings is 1. The minimum absolute atomic E-state index is 0.00326. The van der Waals surface area contributed by atoms with Gasteiger partial charge in [0.1, 0.15) is 5.69 Å². The Kier molecular flexibility index (Phi) is 5.34. The van der Waals surface area contributed by atoms with Crippen molar-refractivity contribution in [3.63, 3.8) is 0 Å². The first-order valence-electron chi connectivity index (χ1n) is 7.21. The number of anilines is 1. The van der Waals surface area contributed by atoms with E-state index >= 15 is 0 Å². The number of amides is 2. The summed E-state index contributed by atoms with van der Waals surface area (Å²) in [6, 6.07) is 8.29. The topological polar surface area (TPSA) is 71.1 Å². The number of nitrogens with one attached hydrogen (secondary N) is 2. The molecule has 120 valence electrons. The second-order valence-electron chi connectivity index (χ2n) is 5.48. The summed E-state index contributed by atoms with van der Waals surface area (Å²) < 4.78 is 0. The summed E-state index contributed by atoms with van der Waals surface area (Å²) >= 11 is 6.04. The van der Waals surface area contributed by atoms with Crippen molar-refractivity contribution in [1.82, 2.24) is 10.3 Å². The van der Waals surface area contributed by atoms with E-state index in [0.717, 1.165) is 5.56 Å². The number of hydrogen-bond donors (Lipinski definition) is 2. The molecule has 2 aromatic rings. The van der Waals surface area contributed by atoms with Gasteiger partial charge in [-0.15, -0.1) is 0 Å². The van der Waals surface area contributed by atoms with Gasteiger partial charge in [-0.1, -0.05) is 17.7 Å². The molecule has 0 fully saturated rings. The molecule has 0 saturated carbocycles. The highest BCUT2D eigenvalue weighted by Crippen LogP contribution is 2.20. The maximum atomic E-state index is 12.3. The van der Waals surface area contributed by atoms with Gasteiger partial charge in [-0.25, -0.2) is 0 Å². The van der Waals surface area contributed by atoms with Crippen LogP contribution in [0.15, 0.2) is 36.5 Å². The molecular weight excluding hydrogens is 314 g/mol. The average Bonchev–Trinajstić information content (AvgIpc) is 2.50. The van der Waals surface area contributed by atoms with E-state index in [9.17, 15) is 9.59 Å². The summed E-state index contributed by atoms with van der Waals surface area (Å²) in [6.07, 6.45) is 1.44. The van der Waals surface area contributed by atoms with Crippen LogP contribution in [0.1, 0.15) is 40.3 Å². The van der Waals surface area contributed by atoms with Crippen molar-refractivity contribution in [3.05, 3.63) is 58.4 Å². The van der Waals surface area contributed by atoms with Crippen molar-refractivity contribution < 1.29 is 9.59 Å². The van der Waals surface area contributed by atoms with Gasteiger partial charge in [0.05, 0.1) is 0 Å². The summed E-state index contributed by atoms with van der Waals surface area (Å²) in [5.74, 6) is -0.640. The molecule has 5 nitrogen and oxygen atoms in total. The summed E-state index contributed by atoms with van der Waals surface area (Å²) in [5.41, 5.74) is 2.08. The van der Waals surface area contributed by atoms with Crippen molar-refractivity contribution in [1.29, 1.82) is 0 Å². The van der Waals surface area contributed by atoms with Crippen LogP contribution >= 0.6 is 11.6 Å². The van der Waals surface area contributed by atoms with E-state index in [1.165, 1.54) is 12.3 Å². The third-order valence-corrected chi connectivity index (χ3v) is 3.51. The van der Waals surface area contributed by atoms with E-state index < -0.39 is 0 Å². The Bertz CT molecular complexity index is 744. The molecule has 2 rings (SSSR count). The van der Waals surface area contributed by atoms with Crippen molar-refractivity contribution in [2.24, 2.45) is 0 Å². The molecule has 1 aromatic heterocycles. The Labute approximate surface area is 140 Å². The van der Waals surface area contributed by atoms with Crippen LogP contribution in [0.25, 0.3) is 0 Å². The molecule has 0 bridgehead atoms. The van der Waals surface area contributed by atoms with Crippen LogP contribution in [0.3, 0.4) is 0 Å². The second-order valence-corrected chi connectivity index (χ2v) is 5.88. The molecule has 23 heavy (non-hydrogen) atoms. The first kappa shape index (κ1) is 17.0. The highest BCUT2D eigenvalue weighted by molar-refractivity contribution is 6.31. The van der Waals surface area contributed by atoms with Crippen LogP contribution < -0.4 is 10.6 Å². The minimum Gasteiger partial charge on any atom is -0.349 e. The quantitative estimate of drug-likeness (QED) is 0.901. The van der Waals surface area contributed by atoms with E-state index in [4.69, 9.17) is 11.6 Å². The summed E-state index contributed by atoms with van der Waals surface area (Å²) in [6.45, 7) is 5.60. The highest BCUT2D eigenvalue weighted by Gasteiger charge is 2.13. The molecule has 0 atom stereocenters. The number of pyridine rings is 1. The maximum Gasteiger partial charge on any atom is 0.270 e. The molecule has 2 amide bonds. The van der Waals surface area contributed by atoms with Gasteiger partial charge in [-0.05, 0) is 50.6 Å². The van der Waals surface area contributed by atoms with Gasteiger partial charge >= 0.3 is 0 Å². The predicted octanol–water partition coefficient (Wildman–Crippen LogP) is 3.43. The molecule has 0 aliphatic heterocycles. The molecule has 0 aliphatic rings. The van der Waals surface area contributed by atoms with Crippen LogP contribution in [-0.2, 0) is 0 Å². The van der Waals surface area contributed by atoms with Gasteiger partial charge in [0.2, 0.25) is 0 Å². The van der Waals surface area contributed by atoms with E-state index in [1.807, 2.05) is 26.8 Å². The molecule has 0 spiro atoms. The van der Waals surface area contributed by atoms with Crippen LogP contribution in [0.2, 0.25) is 5.02 Å². The SMILES string of the molecule is Cc1ccc(NC(=O)c2ccnc(C(=O)NC(C)C)c2)cc1Cl. The molecule has 0 unspecified atom stereocenters. The maximum absolute atomic E-state index is 12.3. The van der Waals surface area contributed by atoms with E-state index in [2.05, 4.69) is 15.6 Å². The normalized spacial score (nSPS) is 10.5. The highest BCUT2D eigenvalue weighted by atomic mass is 35.5. The first-order chi connectivity index (χ1) is 10.9. The fourth-order valence-corrected chi connectivity index (χ4v) is 2.09. The lowest BCUT2D eigenvalue weighted by molar-refractivity contribution is 0.0938. The van der Waals surface area contributed by atoms with Crippen molar-refractivity contribution in [3.8, 4) is 0 Å². The monoisotopic (exact) mass is 331 g/mol. The third-order valence-electron chi connectivity index (χ3n) is 3.10. The Morgan fingerprint density at radius 3 is 2.52 bits per heavy atom. The van der Waals surface area contributed by atoms with Crippen LogP contribution in [0, 0.1) is 6.92 Å². The number of aromatic nitrogens is 1. The Morgan fingerprint density at radius 1 is 1.13 bits per heavy atom. The van der Waals surface area contributed by atoms with Crippen LogP contribution in [0.5, 0.6) is 0 Å². The fraction of sp³-hybridized carbons (Fsp3) is 0.235. The number of halogens is 1. The lowest BCUT2D eigenvalue weighted by Crippen LogP contribution is -2.31. The number of hydrogen-bond acceptors (Lipinski definition) is 3. The van der Waals surface area contributed by atoms with Crippen LogP contribution in [-0.4, -0.2) is 22.8 Å². The Morgan fingerprint density at radius 2 is 1.87 bits per heavy atom. The van der Waals surface area contributed by atoms with Crippen molar-refractivity contribution in [2.45, 2.75) is 26.8 Å². The molecule has 2 N–H and O–H groups in total. The van der Waals surface area contributed by atoms with E-state index in [1.54, 1.807) is 18.2 Å². The zero-order chi connectivity index (χ0) is 17.0. The zero-order valence-corrected chi connectivity index (χ0v) is 13.9. The van der Waals surface area contributed by atoms with Gasteiger partial charge in [0, 0.05) is 28.5 Å². The van der Waals surface area contributed by atoms with E-state index in [0.29, 0.717) is 16.3 Å². The summed E-state index contributed by atoms with van der Waals surface area (Å²) in [5, 5.41) is 6.07. The van der Waals surface area contributed by atoms with Crippen LogP contribution in [0.4, 0.5) is 5.69 Å². The summed E-state index contributed by atoms with van der Waals surface area (Å²) in [7, 11) is 0. The molecule has 0 radical (unpaired) electrons. The number of aryl methyl sites for hydroxylation is 1. The van der Waals surface area contributed by atoms with Gasteiger partial charge in [-0.2, -0.15) is 0 Å². The van der Waals surface area contributed by atoms with Gasteiger partial charge < -0.3 is 10.6 Å². The van der Waals surface area contributed by atoms with Crippen molar-refractivity contribution >= 4 is 29.1 Å². The average molecular weight is 332 g/mol. The van der Waals surface area contributed by atoms with Gasteiger partial charge in [-0.3, -0.25) is 14.6 Å². The third kappa shape index (κ3) is 4.53. The lowest BCUT2D eigenvalue weighted by Gasteiger charge is -2.09. The molecule has 6 heteroatoms. The molecular formula is C17H18ClN3O2. The zero-order valence-electron chi connectivity index (χ0n) is 13.2. The summed E-state index contributed by atoms with van der Waals surface area (Å²) in [4.78, 5) is 28.2. The molecule has 0 saturated heterocycles. The van der Waals surface area contributed by atoms with E-state index in [-0.39, 0.29) is 23.6 Å². The number of rotatable bonds is 4. The van der Waals surface area contributed by atoms with Gasteiger partial charge in [0.15, 0.2) is 0 Å². The standard InChI is InChI=1S/C17H18ClN3O2/c1-10(2)20-17(23)15-8-12(6-7-19-15)16(22)21-13-5-4-11(3)14(18)9-13/h4-10H,1-3H3,(H,20,23)(H,21,22). The predicted molar refractivity (Wildman–Crippen MR) is 91.0 cm³/mol. The lowest BCUT2D eigenvalue weighted by atomic mass is 10.2. The second kappa shape index (κ2) is 7.24. The fourth-order valence-electron chi connectivity index (χ4n) is 1.91. The number of carbonyl (C=O) groups excluding carboxylic acids is 2. The first-order valence-corrected chi connectivity index (χ1v) is 7.59. The number of nitrogens with zero attached hydrogens (tertiary/aromatic N) is 1. The Hall–Kier alpha value is -2.40. The largest absolute Gasteiger partial charge is 0.349 e. The molecule has 1 heterocycles. The smallest absolute Gasteiger partial charge is 0.270 e. The minimum atomic E-state index is -0.328. The number of carbonyl (C=O) groups is 2. The van der Waals surface area contributed by atoms with Crippen molar-refractivity contribution in [2.75, 3.05) is 5.32 Å². The molecule has 0 aliphatic carbocycles. The Balaban J connectivity index is 2.16.